The van der Waals surface area contributed by atoms with Crippen LogP contribution in [0.1, 0.15) is 0 Å². The van der Waals surface area contributed by atoms with Crippen LogP contribution in [0.4, 0.5) is 0 Å². The molecule has 1 rings (SSSR count). The molecule has 8 heavy (non-hydrogen) atoms. The fourth-order valence-electron chi connectivity index (χ4n) is 0.388. The molecule has 1 heterocycles. The first kappa shape index (κ1) is 5.01. The van der Waals surface area contributed by atoms with Crippen LogP contribution in [0.5, 0.6) is 0 Å². The van der Waals surface area contributed by atoms with Gasteiger partial charge in [0.25, 0.3) is 0 Å². The van der Waals surface area contributed by atoms with E-state index in [1.807, 2.05) is 0 Å². The van der Waals surface area contributed by atoms with Gasteiger partial charge in [0.15, 0.2) is 0 Å². The van der Waals surface area contributed by atoms with Gasteiger partial charge in [-0.05, 0) is 0 Å². The van der Waals surface area contributed by atoms with Gasteiger partial charge in [0.05, 0.1) is 0 Å². The van der Waals surface area contributed by atoms with Crippen LogP contribution in [0, 0.1) is 10.8 Å². The highest BCUT2D eigenvalue weighted by molar-refractivity contribution is 6.12. The molecule has 6 heteroatoms. The van der Waals surface area contributed by atoms with E-state index in [1.54, 1.807) is 0 Å². The third-order valence-electron chi connectivity index (χ3n) is 0.913. The molecule has 6 N–H and O–H groups in total. The molecule has 0 bridgehead atoms. The lowest BCUT2D eigenvalue weighted by molar-refractivity contribution is 0.374. The molecule has 6 nitrogen and oxygen atoms in total. The van der Waals surface area contributed by atoms with E-state index in [-0.39, 0.29) is 11.9 Å². The molecule has 0 radical (unpaired) electrons. The number of nitrogens with zero attached hydrogens (tertiary/aromatic N) is 2. The highest BCUT2D eigenvalue weighted by atomic mass is 15.7. The van der Waals surface area contributed by atoms with Crippen LogP contribution < -0.4 is 11.7 Å². The Morgan fingerprint density at radius 2 is 1.25 bits per heavy atom. The predicted octanol–water partition coefficient (Wildman–Crippen LogP) is -1.78. The van der Waals surface area contributed by atoms with Crippen molar-refractivity contribution in [2.75, 3.05) is 0 Å². The lowest BCUT2D eigenvalue weighted by Gasteiger charge is -2.37. The molecule has 0 atom stereocenters. The van der Waals surface area contributed by atoms with E-state index in [1.165, 1.54) is 0 Å². The van der Waals surface area contributed by atoms with E-state index < -0.39 is 0 Å². The second-order valence-electron chi connectivity index (χ2n) is 1.39. The van der Waals surface area contributed by atoms with Crippen molar-refractivity contribution < 1.29 is 0 Å². The minimum Gasteiger partial charge on any atom is -0.266 e. The second kappa shape index (κ2) is 1.17. The molecule has 0 spiro atoms. The number of hydrogen-bond donors (Lipinski definition) is 4. The summed E-state index contributed by atoms with van der Waals surface area (Å²) >= 11 is 0. The van der Waals surface area contributed by atoms with Crippen molar-refractivity contribution in [3.63, 3.8) is 0 Å². The molecule has 1 aliphatic heterocycles. The van der Waals surface area contributed by atoms with Crippen LogP contribution in [0.15, 0.2) is 0 Å². The lowest BCUT2D eigenvalue weighted by Crippen LogP contribution is -2.70. The highest BCUT2D eigenvalue weighted by Crippen LogP contribution is 2.00. The molecular weight excluding hydrogens is 108 g/mol. The third-order valence-corrected chi connectivity index (χ3v) is 0.913. The Kier molecular flexibility index (Phi) is 0.734. The first-order valence-electron chi connectivity index (χ1n) is 1.91. The number of nitrogens with two attached hydrogens (primary N) is 2. The molecule has 1 fully saturated rings. The van der Waals surface area contributed by atoms with Crippen molar-refractivity contribution in [1.29, 1.82) is 10.8 Å². The fourth-order valence-corrected chi connectivity index (χ4v) is 0.388. The monoisotopic (exact) mass is 114 g/mol. The van der Waals surface area contributed by atoms with Gasteiger partial charge < -0.3 is 0 Å². The third kappa shape index (κ3) is 0.328. The lowest BCUT2D eigenvalue weighted by atomic mass is 10.6. The normalized spacial score (nSPS) is 19.2. The van der Waals surface area contributed by atoms with E-state index in [9.17, 15) is 0 Å². The Morgan fingerprint density at radius 3 is 1.38 bits per heavy atom. The minimum absolute atomic E-state index is 0.0602. The number of guanidine groups is 2. The average Bonchev–Trinajstić information content (AvgIpc) is 1.83. The summed E-state index contributed by atoms with van der Waals surface area (Å²) in [5.41, 5.74) is 0. The van der Waals surface area contributed by atoms with Gasteiger partial charge in [0, 0.05) is 0 Å². The molecule has 0 unspecified atom stereocenters. The molecule has 0 amide bonds. The van der Waals surface area contributed by atoms with Gasteiger partial charge in [-0.25, -0.2) is 21.7 Å². The van der Waals surface area contributed by atoms with Crippen LogP contribution in [0.2, 0.25) is 0 Å². The van der Waals surface area contributed by atoms with Gasteiger partial charge in [0.1, 0.15) is 0 Å². The van der Waals surface area contributed by atoms with Gasteiger partial charge in [-0.3, -0.25) is 10.8 Å². The predicted molar refractivity (Wildman–Crippen MR) is 27.5 cm³/mol. The topological polar surface area (TPSA) is 106 Å². The van der Waals surface area contributed by atoms with Crippen LogP contribution in [-0.2, 0) is 0 Å². The van der Waals surface area contributed by atoms with E-state index in [4.69, 9.17) is 22.5 Å². The summed E-state index contributed by atoms with van der Waals surface area (Å²) in [4.78, 5) is 0. The molecule has 0 aromatic heterocycles. The molecule has 1 saturated heterocycles. The summed E-state index contributed by atoms with van der Waals surface area (Å²) in [6.07, 6.45) is 0. The molecule has 1 aliphatic rings. The van der Waals surface area contributed by atoms with Gasteiger partial charge in [-0.15, -0.1) is 0 Å². The first-order chi connectivity index (χ1) is 3.64. The van der Waals surface area contributed by atoms with E-state index in [0.717, 1.165) is 10.0 Å². The van der Waals surface area contributed by atoms with Crippen molar-refractivity contribution in [1.82, 2.24) is 10.0 Å². The van der Waals surface area contributed by atoms with Gasteiger partial charge >= 0.3 is 0 Å². The van der Waals surface area contributed by atoms with Crippen molar-refractivity contribution >= 4 is 11.9 Å². The molecule has 0 aromatic carbocycles. The first-order valence-corrected chi connectivity index (χ1v) is 1.91. The maximum atomic E-state index is 6.83. The molecule has 0 saturated carbocycles. The smallest absolute Gasteiger partial charge is 0.237 e. The van der Waals surface area contributed by atoms with E-state index in [0.29, 0.717) is 0 Å². The maximum absolute atomic E-state index is 6.83. The maximum Gasteiger partial charge on any atom is 0.237 e. The molecule has 44 valence electrons. The quantitative estimate of drug-likeness (QED) is 0.279. The SMILES string of the molecule is N=C1N(N)C(=N)N1N. The van der Waals surface area contributed by atoms with Gasteiger partial charge in [0.2, 0.25) is 11.9 Å². The van der Waals surface area contributed by atoms with Gasteiger partial charge in [-0.1, -0.05) is 0 Å². The summed E-state index contributed by atoms with van der Waals surface area (Å²) in [6, 6.07) is 0. The Labute approximate surface area is 45.6 Å². The number of hydrazine groups is 2. The van der Waals surface area contributed by atoms with Crippen LogP contribution in [-0.4, -0.2) is 21.9 Å². The zero-order valence-corrected chi connectivity index (χ0v) is 4.05. The minimum atomic E-state index is -0.0602. The zero-order chi connectivity index (χ0) is 6.31. The fraction of sp³-hybridized carbons (Fsp3) is 0. The van der Waals surface area contributed by atoms with Crippen molar-refractivity contribution in [3.05, 3.63) is 0 Å². The van der Waals surface area contributed by atoms with Crippen molar-refractivity contribution in [3.8, 4) is 0 Å². The Morgan fingerprint density at radius 1 is 1.00 bits per heavy atom. The summed E-state index contributed by atoms with van der Waals surface area (Å²) in [6.45, 7) is 0. The standard InChI is InChI=1S/C2H6N6/c3-1-7(5)2(4)8(1)6/h3-4H,5-6H2. The molecule has 0 aromatic rings. The summed E-state index contributed by atoms with van der Waals surface area (Å²) in [5.74, 6) is 9.92. The molecule has 0 aliphatic carbocycles. The highest BCUT2D eigenvalue weighted by Gasteiger charge is 2.31. The average molecular weight is 114 g/mol. The number of rotatable bonds is 0. The number of nitrogens with one attached hydrogen (secondary N) is 2. The Bertz CT molecular complexity index is 119. The Hall–Kier alpha value is -1.14. The number of hydrogen-bond acceptors (Lipinski definition) is 4. The van der Waals surface area contributed by atoms with E-state index in [2.05, 4.69) is 0 Å². The van der Waals surface area contributed by atoms with Gasteiger partial charge in [-0.2, -0.15) is 0 Å². The summed E-state index contributed by atoms with van der Waals surface area (Å²) in [7, 11) is 0. The van der Waals surface area contributed by atoms with Crippen LogP contribution in [0.3, 0.4) is 0 Å². The van der Waals surface area contributed by atoms with Crippen molar-refractivity contribution in [2.24, 2.45) is 11.7 Å². The second-order valence-corrected chi connectivity index (χ2v) is 1.39. The van der Waals surface area contributed by atoms with Crippen molar-refractivity contribution in [2.45, 2.75) is 0 Å². The van der Waals surface area contributed by atoms with Crippen LogP contribution >= 0.6 is 0 Å². The van der Waals surface area contributed by atoms with E-state index >= 15 is 0 Å². The Balaban J connectivity index is 2.68. The summed E-state index contributed by atoms with van der Waals surface area (Å²) in [5, 5.41) is 15.4. The summed E-state index contributed by atoms with van der Waals surface area (Å²) < 4.78 is 0. The van der Waals surface area contributed by atoms with Crippen LogP contribution in [0.25, 0.3) is 0 Å². The molecular formula is C2H6N6. The largest absolute Gasteiger partial charge is 0.266 e. The zero-order valence-electron chi connectivity index (χ0n) is 4.05.